The first kappa shape index (κ1) is 15.4. The summed E-state index contributed by atoms with van der Waals surface area (Å²) < 4.78 is 30.3. The maximum absolute atomic E-state index is 11.7. The summed E-state index contributed by atoms with van der Waals surface area (Å²) in [5, 5.41) is 2.63. The van der Waals surface area contributed by atoms with Crippen molar-refractivity contribution in [2.75, 3.05) is 5.75 Å². The maximum Gasteiger partial charge on any atom is 0.266 e. The summed E-state index contributed by atoms with van der Waals surface area (Å²) >= 11 is 0. The predicted octanol–water partition coefficient (Wildman–Crippen LogP) is 1.06. The van der Waals surface area contributed by atoms with Crippen LogP contribution in [0.3, 0.4) is 0 Å². The first-order valence-corrected chi connectivity index (χ1v) is 6.80. The highest BCUT2D eigenvalue weighted by Gasteiger charge is 2.27. The van der Waals surface area contributed by atoms with Gasteiger partial charge in [0.25, 0.3) is 10.1 Å². The van der Waals surface area contributed by atoms with Gasteiger partial charge < -0.3 is 5.32 Å². The third kappa shape index (κ3) is 6.07. The van der Waals surface area contributed by atoms with Gasteiger partial charge >= 0.3 is 0 Å². The van der Waals surface area contributed by atoms with Crippen molar-refractivity contribution in [3.63, 3.8) is 0 Å². The maximum atomic E-state index is 11.7. The molecule has 0 rings (SSSR count). The van der Waals surface area contributed by atoms with E-state index in [9.17, 15) is 13.2 Å². The summed E-state index contributed by atoms with van der Waals surface area (Å²) in [5.41, 5.74) is -0.577. The van der Waals surface area contributed by atoms with E-state index in [4.69, 9.17) is 4.55 Å². The zero-order chi connectivity index (χ0) is 13.1. The summed E-state index contributed by atoms with van der Waals surface area (Å²) in [6, 6.07) is -0.568. The Balaban J connectivity index is 4.66. The molecule has 0 aliphatic heterocycles. The van der Waals surface area contributed by atoms with Crippen LogP contribution in [0.25, 0.3) is 0 Å². The van der Waals surface area contributed by atoms with Gasteiger partial charge in [-0.05, 0) is 5.92 Å². The number of carbonyl (C=O) groups is 1. The molecular formula is C10H21NO4S. The lowest BCUT2D eigenvalue weighted by molar-refractivity contribution is -0.129. The number of rotatable bonds is 4. The van der Waals surface area contributed by atoms with E-state index in [2.05, 4.69) is 5.32 Å². The van der Waals surface area contributed by atoms with Crippen molar-refractivity contribution in [2.24, 2.45) is 11.3 Å². The molecule has 16 heavy (non-hydrogen) atoms. The van der Waals surface area contributed by atoms with E-state index in [1.54, 1.807) is 34.6 Å². The van der Waals surface area contributed by atoms with Gasteiger partial charge in [-0.25, -0.2) is 0 Å². The lowest BCUT2D eigenvalue weighted by Gasteiger charge is -2.26. The van der Waals surface area contributed by atoms with Crippen molar-refractivity contribution in [1.82, 2.24) is 5.32 Å². The first-order valence-electron chi connectivity index (χ1n) is 5.19. The van der Waals surface area contributed by atoms with Crippen molar-refractivity contribution >= 4 is 16.0 Å². The molecule has 0 aromatic rings. The largest absolute Gasteiger partial charge is 0.352 e. The topological polar surface area (TPSA) is 83.5 Å². The van der Waals surface area contributed by atoms with Gasteiger partial charge in [0.1, 0.15) is 0 Å². The summed E-state index contributed by atoms with van der Waals surface area (Å²) in [4.78, 5) is 11.7. The van der Waals surface area contributed by atoms with Crippen LogP contribution in [0.4, 0.5) is 0 Å². The van der Waals surface area contributed by atoms with E-state index in [1.807, 2.05) is 0 Å². The highest BCUT2D eigenvalue weighted by molar-refractivity contribution is 7.85. The number of amides is 1. The Morgan fingerprint density at radius 3 is 2.00 bits per heavy atom. The molecule has 0 spiro atoms. The van der Waals surface area contributed by atoms with Crippen LogP contribution in [0.1, 0.15) is 34.6 Å². The molecule has 1 atom stereocenters. The molecule has 0 aliphatic carbocycles. The van der Waals surface area contributed by atoms with Gasteiger partial charge in [0, 0.05) is 11.5 Å². The second-order valence-corrected chi connectivity index (χ2v) is 6.82. The van der Waals surface area contributed by atoms with Gasteiger partial charge in [0.15, 0.2) is 0 Å². The van der Waals surface area contributed by atoms with Gasteiger partial charge in [-0.15, -0.1) is 0 Å². The molecule has 0 unspecified atom stereocenters. The quantitative estimate of drug-likeness (QED) is 0.732. The van der Waals surface area contributed by atoms with Crippen LogP contribution in [-0.4, -0.2) is 30.7 Å². The standard InChI is InChI=1S/C10H21NO4S/c1-7(2)8(6-16(13,14)15)11-9(12)10(3,4)5/h7-8H,6H2,1-5H3,(H,11,12)(H,13,14,15)/t8-/m1/s1. The number of hydrogen-bond donors (Lipinski definition) is 2. The van der Waals surface area contributed by atoms with E-state index in [0.29, 0.717) is 0 Å². The van der Waals surface area contributed by atoms with Crippen LogP contribution in [-0.2, 0) is 14.9 Å². The van der Waals surface area contributed by atoms with Gasteiger partial charge in [-0.2, -0.15) is 8.42 Å². The summed E-state index contributed by atoms with van der Waals surface area (Å²) in [6.45, 7) is 8.81. The molecule has 2 N–H and O–H groups in total. The van der Waals surface area contributed by atoms with E-state index in [0.717, 1.165) is 0 Å². The van der Waals surface area contributed by atoms with Crippen molar-refractivity contribution in [3.8, 4) is 0 Å². The summed E-state index contributed by atoms with van der Waals surface area (Å²) in [7, 11) is -4.07. The fourth-order valence-corrected chi connectivity index (χ4v) is 1.93. The molecule has 0 aromatic carbocycles. The molecule has 1 amide bonds. The molecule has 0 aromatic heterocycles. The number of carbonyl (C=O) groups excluding carboxylic acids is 1. The van der Waals surface area contributed by atoms with E-state index in [-0.39, 0.29) is 11.8 Å². The Kier molecular flexibility index (Phi) is 4.94. The Morgan fingerprint density at radius 1 is 1.31 bits per heavy atom. The summed E-state index contributed by atoms with van der Waals surface area (Å²) in [6.07, 6.45) is 0. The second-order valence-electron chi connectivity index (χ2n) is 5.32. The van der Waals surface area contributed by atoms with Crippen LogP contribution in [0.2, 0.25) is 0 Å². The van der Waals surface area contributed by atoms with Crippen LogP contribution < -0.4 is 5.32 Å². The predicted molar refractivity (Wildman–Crippen MR) is 62.6 cm³/mol. The average molecular weight is 251 g/mol. The average Bonchev–Trinajstić information content (AvgIpc) is 1.98. The van der Waals surface area contributed by atoms with Crippen molar-refractivity contribution in [2.45, 2.75) is 40.7 Å². The van der Waals surface area contributed by atoms with Crippen LogP contribution in [0.15, 0.2) is 0 Å². The highest BCUT2D eigenvalue weighted by Crippen LogP contribution is 2.14. The Bertz CT molecular complexity index is 340. The third-order valence-electron chi connectivity index (χ3n) is 2.19. The molecule has 0 saturated carbocycles. The molecule has 0 saturated heterocycles. The lowest BCUT2D eigenvalue weighted by atomic mass is 9.94. The van der Waals surface area contributed by atoms with Crippen LogP contribution in [0.5, 0.6) is 0 Å². The number of hydrogen-bond acceptors (Lipinski definition) is 3. The van der Waals surface area contributed by atoms with Gasteiger partial charge in [-0.3, -0.25) is 9.35 Å². The SMILES string of the molecule is CC(C)[C@@H](CS(=O)(=O)O)NC(=O)C(C)(C)C. The molecule has 96 valence electrons. The highest BCUT2D eigenvalue weighted by atomic mass is 32.2. The van der Waals surface area contributed by atoms with E-state index in [1.165, 1.54) is 0 Å². The van der Waals surface area contributed by atoms with E-state index < -0.39 is 27.3 Å². The van der Waals surface area contributed by atoms with Crippen molar-refractivity contribution < 1.29 is 17.8 Å². The van der Waals surface area contributed by atoms with Gasteiger partial charge in [-0.1, -0.05) is 34.6 Å². The fourth-order valence-electron chi connectivity index (χ4n) is 1.01. The Labute approximate surface area is 97.4 Å². The Hall–Kier alpha value is -0.620. The minimum absolute atomic E-state index is 0.0618. The van der Waals surface area contributed by atoms with Crippen molar-refractivity contribution in [1.29, 1.82) is 0 Å². The van der Waals surface area contributed by atoms with Gasteiger partial charge in [0.2, 0.25) is 5.91 Å². The molecular weight excluding hydrogens is 230 g/mol. The minimum atomic E-state index is -4.07. The Morgan fingerprint density at radius 2 is 1.75 bits per heavy atom. The van der Waals surface area contributed by atoms with E-state index >= 15 is 0 Å². The lowest BCUT2D eigenvalue weighted by Crippen LogP contribution is -2.47. The zero-order valence-corrected chi connectivity index (χ0v) is 11.3. The smallest absolute Gasteiger partial charge is 0.266 e. The molecule has 0 heterocycles. The fraction of sp³-hybridized carbons (Fsp3) is 0.900. The first-order chi connectivity index (χ1) is 6.93. The van der Waals surface area contributed by atoms with Crippen LogP contribution in [0, 0.1) is 11.3 Å². The third-order valence-corrected chi connectivity index (χ3v) is 2.97. The minimum Gasteiger partial charge on any atom is -0.352 e. The summed E-state index contributed by atoms with van der Waals surface area (Å²) in [5.74, 6) is -0.741. The normalized spacial score (nSPS) is 14.9. The molecule has 0 aliphatic rings. The molecule has 5 nitrogen and oxygen atoms in total. The van der Waals surface area contributed by atoms with Gasteiger partial charge in [0.05, 0.1) is 5.75 Å². The molecule has 6 heteroatoms. The van der Waals surface area contributed by atoms with Crippen molar-refractivity contribution in [3.05, 3.63) is 0 Å². The monoisotopic (exact) mass is 251 g/mol. The number of nitrogens with one attached hydrogen (secondary N) is 1. The molecule has 0 fully saturated rings. The zero-order valence-electron chi connectivity index (χ0n) is 10.4. The molecule has 0 radical (unpaired) electrons. The van der Waals surface area contributed by atoms with Crippen LogP contribution >= 0.6 is 0 Å². The second kappa shape index (κ2) is 5.14. The molecule has 0 bridgehead atoms.